The molecule has 4 aliphatic carbocycles. The van der Waals surface area contributed by atoms with Gasteiger partial charge in [-0.15, -0.1) is 0 Å². The first-order valence-electron chi connectivity index (χ1n) is 8.08. The average molecular weight is 272 g/mol. The molecular weight excluding hydrogens is 248 g/mol. The van der Waals surface area contributed by atoms with E-state index in [1.165, 1.54) is 37.7 Å². The summed E-state index contributed by atoms with van der Waals surface area (Å²) in [5.41, 5.74) is 1.21. The summed E-state index contributed by atoms with van der Waals surface area (Å²) in [6.45, 7) is 0.866. The quantitative estimate of drug-likeness (QED) is 0.915. The van der Waals surface area contributed by atoms with Gasteiger partial charge in [0.25, 0.3) is 0 Å². The van der Waals surface area contributed by atoms with E-state index in [1.54, 1.807) is 0 Å². The van der Waals surface area contributed by atoms with Crippen LogP contribution in [0.2, 0.25) is 0 Å². The molecule has 1 aromatic rings. The Bertz CT molecular complexity index is 442. The molecule has 0 spiro atoms. The molecule has 0 saturated heterocycles. The van der Waals surface area contributed by atoms with Crippen LogP contribution in [0, 0.1) is 23.7 Å². The fourth-order valence-electron chi connectivity index (χ4n) is 5.00. The maximum Gasteiger partial charge on any atom is 0.213 e. The van der Waals surface area contributed by atoms with Crippen LogP contribution in [0.5, 0.6) is 5.88 Å². The number of rotatable bonds is 4. The molecular formula is C17H24N2O. The van der Waals surface area contributed by atoms with E-state index in [0.29, 0.717) is 6.10 Å². The van der Waals surface area contributed by atoms with Crippen LogP contribution in [0.15, 0.2) is 18.3 Å². The summed E-state index contributed by atoms with van der Waals surface area (Å²) in [5, 5.41) is 3.15. The van der Waals surface area contributed by atoms with E-state index >= 15 is 0 Å². The molecule has 1 N–H and O–H groups in total. The lowest BCUT2D eigenvalue weighted by Crippen LogP contribution is -2.50. The predicted molar refractivity (Wildman–Crippen MR) is 78.5 cm³/mol. The number of aromatic nitrogens is 1. The van der Waals surface area contributed by atoms with Crippen LogP contribution in [0.3, 0.4) is 0 Å². The molecule has 3 heteroatoms. The molecule has 20 heavy (non-hydrogen) atoms. The molecule has 4 fully saturated rings. The summed E-state index contributed by atoms with van der Waals surface area (Å²) in [5.74, 6) is 4.42. The van der Waals surface area contributed by atoms with Crippen LogP contribution in [-0.2, 0) is 6.54 Å². The third-order valence-corrected chi connectivity index (χ3v) is 5.58. The van der Waals surface area contributed by atoms with E-state index in [0.717, 1.165) is 36.1 Å². The van der Waals surface area contributed by atoms with Crippen molar-refractivity contribution < 1.29 is 4.74 Å². The van der Waals surface area contributed by atoms with E-state index in [-0.39, 0.29) is 0 Å². The van der Waals surface area contributed by atoms with Crippen molar-refractivity contribution in [1.82, 2.24) is 10.3 Å². The van der Waals surface area contributed by atoms with Gasteiger partial charge >= 0.3 is 0 Å². The number of ether oxygens (including phenoxy) is 1. The Morgan fingerprint density at radius 3 is 2.35 bits per heavy atom. The lowest BCUT2D eigenvalue weighted by molar-refractivity contribution is -0.0805. The van der Waals surface area contributed by atoms with Crippen molar-refractivity contribution in [2.45, 2.75) is 44.8 Å². The molecule has 5 rings (SSSR count). The van der Waals surface area contributed by atoms with Crippen LogP contribution < -0.4 is 10.1 Å². The van der Waals surface area contributed by atoms with E-state index in [4.69, 9.17) is 4.74 Å². The van der Waals surface area contributed by atoms with Gasteiger partial charge in [0.15, 0.2) is 0 Å². The van der Waals surface area contributed by atoms with Crippen molar-refractivity contribution in [1.29, 1.82) is 0 Å². The van der Waals surface area contributed by atoms with Crippen molar-refractivity contribution in [3.05, 3.63) is 23.9 Å². The van der Waals surface area contributed by atoms with Gasteiger partial charge in [0.05, 0.1) is 0 Å². The Labute approximate surface area is 121 Å². The first kappa shape index (κ1) is 12.6. The first-order chi connectivity index (χ1) is 9.81. The zero-order chi connectivity index (χ0) is 13.5. The molecule has 0 aromatic carbocycles. The minimum absolute atomic E-state index is 0.436. The van der Waals surface area contributed by atoms with Gasteiger partial charge in [-0.2, -0.15) is 0 Å². The molecule has 4 aliphatic rings. The molecule has 4 saturated carbocycles. The van der Waals surface area contributed by atoms with Crippen LogP contribution in [-0.4, -0.2) is 18.1 Å². The van der Waals surface area contributed by atoms with Crippen LogP contribution in [0.25, 0.3) is 0 Å². The van der Waals surface area contributed by atoms with Crippen molar-refractivity contribution >= 4 is 0 Å². The molecule has 0 radical (unpaired) electrons. The number of nitrogens with one attached hydrogen (secondary N) is 1. The third kappa shape index (κ3) is 2.22. The van der Waals surface area contributed by atoms with Gasteiger partial charge in [-0.1, -0.05) is 6.07 Å². The Balaban J connectivity index is 1.46. The number of nitrogens with zero attached hydrogens (tertiary/aromatic N) is 1. The fraction of sp³-hybridized carbons (Fsp3) is 0.706. The molecule has 0 amide bonds. The second-order valence-corrected chi connectivity index (χ2v) is 7.05. The molecule has 1 aromatic heterocycles. The van der Waals surface area contributed by atoms with Gasteiger partial charge < -0.3 is 10.1 Å². The smallest absolute Gasteiger partial charge is 0.213 e. The second kappa shape index (κ2) is 5.03. The molecule has 3 nitrogen and oxygen atoms in total. The van der Waals surface area contributed by atoms with E-state index in [2.05, 4.69) is 16.4 Å². The van der Waals surface area contributed by atoms with Crippen molar-refractivity contribution in [2.75, 3.05) is 7.05 Å². The molecule has 0 aliphatic heterocycles. The Hall–Kier alpha value is -1.09. The Morgan fingerprint density at radius 2 is 1.80 bits per heavy atom. The fourth-order valence-corrected chi connectivity index (χ4v) is 5.00. The predicted octanol–water partition coefficient (Wildman–Crippen LogP) is 3.00. The van der Waals surface area contributed by atoms with E-state index in [1.807, 2.05) is 19.3 Å². The summed E-state index contributed by atoms with van der Waals surface area (Å²) in [7, 11) is 1.96. The summed E-state index contributed by atoms with van der Waals surface area (Å²) in [6, 6.07) is 4.16. The zero-order valence-corrected chi connectivity index (χ0v) is 12.2. The number of hydrogen-bond donors (Lipinski definition) is 1. The molecule has 0 atom stereocenters. The third-order valence-electron chi connectivity index (χ3n) is 5.58. The maximum absolute atomic E-state index is 6.29. The SMILES string of the molecule is CNCc1ccc(OC2C3CC4CC(C3)CC2C4)nc1. The topological polar surface area (TPSA) is 34.1 Å². The van der Waals surface area contributed by atoms with Crippen molar-refractivity contribution in [2.24, 2.45) is 23.7 Å². The molecule has 1 heterocycles. The highest BCUT2D eigenvalue weighted by molar-refractivity contribution is 5.18. The van der Waals surface area contributed by atoms with E-state index in [9.17, 15) is 0 Å². The largest absolute Gasteiger partial charge is 0.474 e. The summed E-state index contributed by atoms with van der Waals surface area (Å²) < 4.78 is 6.29. The summed E-state index contributed by atoms with van der Waals surface area (Å²) in [4.78, 5) is 4.49. The molecule has 4 bridgehead atoms. The van der Waals surface area contributed by atoms with Gasteiger partial charge in [0.2, 0.25) is 5.88 Å². The maximum atomic E-state index is 6.29. The highest BCUT2D eigenvalue weighted by atomic mass is 16.5. The average Bonchev–Trinajstić information content (AvgIpc) is 2.44. The van der Waals surface area contributed by atoms with E-state index < -0.39 is 0 Å². The minimum Gasteiger partial charge on any atom is -0.474 e. The molecule has 108 valence electrons. The summed E-state index contributed by atoms with van der Waals surface area (Å²) in [6.07, 6.45) is 9.46. The number of pyridine rings is 1. The Kier molecular flexibility index (Phi) is 3.18. The van der Waals surface area contributed by atoms with Gasteiger partial charge in [-0.3, -0.25) is 0 Å². The highest BCUT2D eigenvalue weighted by Gasteiger charge is 2.49. The lowest BCUT2D eigenvalue weighted by Gasteiger charge is -2.53. The zero-order valence-electron chi connectivity index (χ0n) is 12.2. The van der Waals surface area contributed by atoms with Gasteiger partial charge in [-0.05, 0) is 68.4 Å². The summed E-state index contributed by atoms with van der Waals surface area (Å²) >= 11 is 0. The Morgan fingerprint density at radius 1 is 1.10 bits per heavy atom. The number of hydrogen-bond acceptors (Lipinski definition) is 3. The van der Waals surface area contributed by atoms with Crippen LogP contribution in [0.1, 0.15) is 37.7 Å². The first-order valence-corrected chi connectivity index (χ1v) is 8.08. The lowest BCUT2D eigenvalue weighted by atomic mass is 9.55. The monoisotopic (exact) mass is 272 g/mol. The highest BCUT2D eigenvalue weighted by Crippen LogP contribution is 2.54. The van der Waals surface area contributed by atoms with Gasteiger partial charge in [0.1, 0.15) is 6.10 Å². The van der Waals surface area contributed by atoms with Crippen LogP contribution in [0.4, 0.5) is 0 Å². The minimum atomic E-state index is 0.436. The van der Waals surface area contributed by atoms with Gasteiger partial charge in [-0.25, -0.2) is 4.98 Å². The van der Waals surface area contributed by atoms with Crippen molar-refractivity contribution in [3.63, 3.8) is 0 Å². The standard InChI is InChI=1S/C17H24N2O/c1-18-9-11-2-3-16(19-10-11)20-17-14-5-12-4-13(7-14)8-15(17)6-12/h2-3,10,12-15,17-18H,4-9H2,1H3. The molecule has 0 unspecified atom stereocenters. The normalized spacial score (nSPS) is 38.1. The second-order valence-electron chi connectivity index (χ2n) is 7.05. The van der Waals surface area contributed by atoms with Gasteiger partial charge in [0, 0.05) is 18.8 Å². The van der Waals surface area contributed by atoms with Crippen molar-refractivity contribution in [3.8, 4) is 5.88 Å². The van der Waals surface area contributed by atoms with Crippen LogP contribution >= 0.6 is 0 Å².